The van der Waals surface area contributed by atoms with E-state index in [-0.39, 0.29) is 5.41 Å². The molecule has 6 aromatic rings. The smallest absolute Gasteiger partial charge is 0.224 e. The van der Waals surface area contributed by atoms with E-state index in [1.54, 1.807) is 0 Å². The SMILES string of the molecule is Cc1cc(C)c2c(c1C)c1c3c(cc[n+]1C)cc(C(C)(C)C)c1c4ccccc4n2c13. The van der Waals surface area contributed by atoms with Gasteiger partial charge in [0.25, 0.3) is 0 Å². The first-order valence-electron chi connectivity index (χ1n) is 11.2. The number of para-hydroxylation sites is 1. The predicted octanol–water partition coefficient (Wildman–Crippen LogP) is 7.04. The summed E-state index contributed by atoms with van der Waals surface area (Å²) in [5.41, 5.74) is 10.9. The zero-order valence-corrected chi connectivity index (χ0v) is 19.5. The number of benzene rings is 3. The molecule has 0 saturated carbocycles. The predicted molar refractivity (Wildman–Crippen MR) is 133 cm³/mol. The van der Waals surface area contributed by atoms with Crippen LogP contribution in [0.2, 0.25) is 0 Å². The minimum atomic E-state index is 0.0554. The lowest BCUT2D eigenvalue weighted by atomic mass is 9.82. The Labute approximate surface area is 183 Å². The number of hydrogen-bond donors (Lipinski definition) is 0. The summed E-state index contributed by atoms with van der Waals surface area (Å²) in [6, 6.07) is 16.0. The van der Waals surface area contributed by atoms with Crippen molar-refractivity contribution in [2.45, 2.75) is 47.0 Å². The maximum atomic E-state index is 2.56. The zero-order chi connectivity index (χ0) is 21.8. The number of rotatable bonds is 0. The lowest BCUT2D eigenvalue weighted by Gasteiger charge is -2.23. The van der Waals surface area contributed by atoms with Crippen LogP contribution in [0.15, 0.2) is 48.7 Å². The summed E-state index contributed by atoms with van der Waals surface area (Å²) >= 11 is 0. The van der Waals surface area contributed by atoms with Crippen molar-refractivity contribution in [3.63, 3.8) is 0 Å². The molecule has 0 spiro atoms. The van der Waals surface area contributed by atoms with Crippen molar-refractivity contribution < 1.29 is 4.57 Å². The highest BCUT2D eigenvalue weighted by atomic mass is 15.0. The zero-order valence-electron chi connectivity index (χ0n) is 19.5. The molecule has 3 aromatic heterocycles. The molecule has 0 fully saturated rings. The first kappa shape index (κ1) is 18.6. The van der Waals surface area contributed by atoms with Crippen LogP contribution >= 0.6 is 0 Å². The summed E-state index contributed by atoms with van der Waals surface area (Å²) in [5.74, 6) is 0. The lowest BCUT2D eigenvalue weighted by molar-refractivity contribution is -0.643. The van der Waals surface area contributed by atoms with Crippen molar-refractivity contribution in [3.8, 4) is 0 Å². The van der Waals surface area contributed by atoms with Gasteiger partial charge >= 0.3 is 0 Å². The number of fused-ring (bicyclic) bond motifs is 6. The third-order valence-electron chi connectivity index (χ3n) is 7.31. The molecule has 3 heterocycles. The summed E-state index contributed by atoms with van der Waals surface area (Å²) in [4.78, 5) is 0. The molecule has 31 heavy (non-hydrogen) atoms. The van der Waals surface area contributed by atoms with E-state index in [2.05, 4.69) is 106 Å². The van der Waals surface area contributed by atoms with Crippen molar-refractivity contribution in [1.29, 1.82) is 0 Å². The Bertz CT molecular complexity index is 1690. The van der Waals surface area contributed by atoms with Crippen LogP contribution in [0.5, 0.6) is 0 Å². The molecule has 154 valence electrons. The molecule has 6 rings (SSSR count). The van der Waals surface area contributed by atoms with E-state index in [4.69, 9.17) is 0 Å². The molecule has 3 aromatic carbocycles. The largest absolute Gasteiger partial charge is 0.307 e. The van der Waals surface area contributed by atoms with Gasteiger partial charge in [0.2, 0.25) is 5.52 Å². The molecule has 2 nitrogen and oxygen atoms in total. The fraction of sp³-hybridized carbons (Fsp3) is 0.276. The second kappa shape index (κ2) is 5.76. The van der Waals surface area contributed by atoms with Crippen LogP contribution in [-0.4, -0.2) is 4.40 Å². The van der Waals surface area contributed by atoms with Gasteiger partial charge in [-0.2, -0.15) is 0 Å². The number of pyridine rings is 2. The van der Waals surface area contributed by atoms with Gasteiger partial charge in [0.15, 0.2) is 6.20 Å². The fourth-order valence-electron chi connectivity index (χ4n) is 5.79. The van der Waals surface area contributed by atoms with Gasteiger partial charge in [-0.15, -0.1) is 0 Å². The average Bonchev–Trinajstić information content (AvgIpc) is 3.06. The van der Waals surface area contributed by atoms with Crippen LogP contribution in [0.1, 0.15) is 43.0 Å². The van der Waals surface area contributed by atoms with Crippen LogP contribution in [0.3, 0.4) is 0 Å². The van der Waals surface area contributed by atoms with Gasteiger partial charge in [0.05, 0.1) is 27.3 Å². The van der Waals surface area contributed by atoms with Gasteiger partial charge in [-0.25, -0.2) is 4.57 Å². The van der Waals surface area contributed by atoms with Gasteiger partial charge in [0, 0.05) is 16.8 Å². The molecule has 0 aliphatic rings. The van der Waals surface area contributed by atoms with Gasteiger partial charge < -0.3 is 4.40 Å². The van der Waals surface area contributed by atoms with Crippen LogP contribution in [0.4, 0.5) is 0 Å². The summed E-state index contributed by atoms with van der Waals surface area (Å²) in [7, 11) is 2.19. The Morgan fingerprint density at radius 2 is 1.55 bits per heavy atom. The molecule has 0 unspecified atom stereocenters. The van der Waals surface area contributed by atoms with E-state index in [9.17, 15) is 0 Å². The Balaban J connectivity index is 2.15. The Morgan fingerprint density at radius 3 is 2.29 bits per heavy atom. The number of aryl methyl sites for hydroxylation is 4. The third kappa shape index (κ3) is 2.20. The summed E-state index contributed by atoms with van der Waals surface area (Å²) in [5, 5.41) is 6.85. The number of aromatic nitrogens is 2. The maximum absolute atomic E-state index is 2.56. The standard InChI is InChI=1S/C29H29N2/c1-16-14-17(2)26-23(18(16)3)27-24-19(12-13-30(27)7)15-21(29(4,5)6)25-20-10-8-9-11-22(20)31(26)28(24)25/h8-15H,1-7H3/q+1. The molecule has 0 amide bonds. The number of nitrogens with zero attached hydrogens (tertiary/aromatic N) is 2. The highest BCUT2D eigenvalue weighted by Crippen LogP contribution is 2.45. The minimum Gasteiger partial charge on any atom is -0.307 e. The maximum Gasteiger partial charge on any atom is 0.224 e. The normalized spacial score (nSPS) is 13.0. The average molecular weight is 406 g/mol. The molecule has 0 radical (unpaired) electrons. The quantitative estimate of drug-likeness (QED) is 0.146. The van der Waals surface area contributed by atoms with E-state index < -0.39 is 0 Å². The van der Waals surface area contributed by atoms with Crippen molar-refractivity contribution in [2.24, 2.45) is 7.05 Å². The van der Waals surface area contributed by atoms with Gasteiger partial charge in [-0.3, -0.25) is 0 Å². The van der Waals surface area contributed by atoms with Crippen molar-refractivity contribution in [3.05, 3.63) is 70.9 Å². The summed E-state index contributed by atoms with van der Waals surface area (Å²) in [6.45, 7) is 13.8. The molecule has 0 N–H and O–H groups in total. The third-order valence-corrected chi connectivity index (χ3v) is 7.31. The summed E-state index contributed by atoms with van der Waals surface area (Å²) < 4.78 is 4.89. The van der Waals surface area contributed by atoms with Crippen LogP contribution in [-0.2, 0) is 12.5 Å². The Morgan fingerprint density at radius 1 is 0.806 bits per heavy atom. The van der Waals surface area contributed by atoms with Crippen LogP contribution < -0.4 is 4.57 Å². The highest BCUT2D eigenvalue weighted by molar-refractivity contribution is 6.28. The Hall–Kier alpha value is -3.13. The molecule has 0 atom stereocenters. The molecule has 0 aliphatic carbocycles. The molecule has 0 aliphatic heterocycles. The molecule has 2 heteroatoms. The van der Waals surface area contributed by atoms with Crippen molar-refractivity contribution in [1.82, 2.24) is 4.40 Å². The van der Waals surface area contributed by atoms with Crippen molar-refractivity contribution in [2.75, 3.05) is 0 Å². The van der Waals surface area contributed by atoms with E-state index in [0.717, 1.165) is 0 Å². The topological polar surface area (TPSA) is 8.29 Å². The van der Waals surface area contributed by atoms with Gasteiger partial charge in [-0.05, 0) is 66.0 Å². The van der Waals surface area contributed by atoms with Gasteiger partial charge in [0.1, 0.15) is 7.05 Å². The molecular weight excluding hydrogens is 376 g/mol. The molecular formula is C29H29N2+. The van der Waals surface area contributed by atoms with Crippen LogP contribution in [0.25, 0.3) is 49.0 Å². The van der Waals surface area contributed by atoms with Gasteiger partial charge in [-0.1, -0.05) is 45.0 Å². The first-order valence-corrected chi connectivity index (χ1v) is 11.2. The monoisotopic (exact) mass is 405 g/mol. The second-order valence-electron chi connectivity index (χ2n) is 10.3. The Kier molecular flexibility index (Phi) is 3.46. The van der Waals surface area contributed by atoms with Crippen molar-refractivity contribution >= 4 is 49.0 Å². The van der Waals surface area contributed by atoms with E-state index in [1.165, 1.54) is 71.3 Å². The molecule has 0 bridgehead atoms. The van der Waals surface area contributed by atoms with E-state index >= 15 is 0 Å². The second-order valence-corrected chi connectivity index (χ2v) is 10.3. The number of hydrogen-bond acceptors (Lipinski definition) is 0. The summed E-state index contributed by atoms with van der Waals surface area (Å²) in [6.07, 6.45) is 2.23. The molecule has 0 saturated heterocycles. The fourth-order valence-corrected chi connectivity index (χ4v) is 5.79. The lowest BCUT2D eigenvalue weighted by Crippen LogP contribution is -2.29. The minimum absolute atomic E-state index is 0.0554. The van der Waals surface area contributed by atoms with E-state index in [0.29, 0.717) is 0 Å². The van der Waals surface area contributed by atoms with Crippen LogP contribution in [0, 0.1) is 20.8 Å². The first-order chi connectivity index (χ1) is 14.7. The van der Waals surface area contributed by atoms with E-state index in [1.807, 2.05) is 0 Å². The highest BCUT2D eigenvalue weighted by Gasteiger charge is 2.29.